The molecular formula is C51H43N. The number of benzene rings is 8. The molecule has 8 aromatic carbocycles. The van der Waals surface area contributed by atoms with Crippen molar-refractivity contribution in [2.45, 2.75) is 45.4 Å². The van der Waals surface area contributed by atoms with Crippen molar-refractivity contribution in [2.75, 3.05) is 4.90 Å². The van der Waals surface area contributed by atoms with E-state index in [9.17, 15) is 0 Å². The summed E-state index contributed by atoms with van der Waals surface area (Å²) in [5, 5.41) is 5.02. The second-order valence-corrected chi connectivity index (χ2v) is 15.9. The lowest BCUT2D eigenvalue weighted by atomic mass is 9.82. The molecule has 1 heteroatoms. The van der Waals surface area contributed by atoms with E-state index < -0.39 is 0 Å². The molecule has 0 heterocycles. The highest BCUT2D eigenvalue weighted by Crippen LogP contribution is 2.51. The average molecular weight is 670 g/mol. The summed E-state index contributed by atoms with van der Waals surface area (Å²) in [6.45, 7) is 11.7. The zero-order chi connectivity index (χ0) is 35.6. The lowest BCUT2D eigenvalue weighted by Crippen LogP contribution is -2.20. The molecule has 0 bridgehead atoms. The molecule has 0 radical (unpaired) electrons. The highest BCUT2D eigenvalue weighted by molar-refractivity contribution is 6.09. The Balaban J connectivity index is 1.24. The molecule has 9 rings (SSSR count). The molecule has 0 fully saturated rings. The third kappa shape index (κ3) is 5.31. The third-order valence-corrected chi connectivity index (χ3v) is 11.2. The fourth-order valence-corrected chi connectivity index (χ4v) is 8.41. The maximum absolute atomic E-state index is 2.50. The van der Waals surface area contributed by atoms with Gasteiger partial charge in [0.1, 0.15) is 0 Å². The van der Waals surface area contributed by atoms with Crippen LogP contribution in [0, 0.1) is 0 Å². The molecule has 0 aromatic heterocycles. The first-order valence-corrected chi connectivity index (χ1v) is 18.4. The van der Waals surface area contributed by atoms with Crippen LogP contribution in [0.3, 0.4) is 0 Å². The first-order chi connectivity index (χ1) is 25.2. The zero-order valence-corrected chi connectivity index (χ0v) is 30.6. The number of rotatable bonds is 5. The van der Waals surface area contributed by atoms with Gasteiger partial charge in [-0.25, -0.2) is 0 Å². The summed E-state index contributed by atoms with van der Waals surface area (Å²) < 4.78 is 0. The van der Waals surface area contributed by atoms with E-state index in [1.54, 1.807) is 0 Å². The Labute approximate surface area is 307 Å². The molecule has 0 amide bonds. The molecule has 0 saturated heterocycles. The van der Waals surface area contributed by atoms with Gasteiger partial charge in [-0.3, -0.25) is 0 Å². The van der Waals surface area contributed by atoms with Crippen molar-refractivity contribution in [1.82, 2.24) is 0 Å². The van der Waals surface area contributed by atoms with Crippen LogP contribution in [0.25, 0.3) is 54.9 Å². The van der Waals surface area contributed by atoms with E-state index in [2.05, 4.69) is 209 Å². The molecule has 52 heavy (non-hydrogen) atoms. The van der Waals surface area contributed by atoms with Crippen molar-refractivity contribution in [1.29, 1.82) is 0 Å². The Hall–Kier alpha value is -5.92. The molecule has 0 spiro atoms. The number of nitrogens with zero attached hydrogens (tertiary/aromatic N) is 1. The number of hydrogen-bond donors (Lipinski definition) is 0. The summed E-state index contributed by atoms with van der Waals surface area (Å²) in [7, 11) is 0. The molecule has 8 aromatic rings. The van der Waals surface area contributed by atoms with Crippen molar-refractivity contribution in [3.8, 4) is 33.4 Å². The van der Waals surface area contributed by atoms with E-state index in [0.717, 1.165) is 5.69 Å². The second kappa shape index (κ2) is 12.1. The molecule has 0 N–H and O–H groups in total. The molecule has 252 valence electrons. The lowest BCUT2D eigenvalue weighted by molar-refractivity contribution is 0.591. The molecule has 0 aliphatic heterocycles. The van der Waals surface area contributed by atoms with E-state index in [0.29, 0.717) is 0 Å². The highest BCUT2D eigenvalue weighted by atomic mass is 15.1. The summed E-state index contributed by atoms with van der Waals surface area (Å²) in [4.78, 5) is 2.50. The molecular weight excluding hydrogens is 627 g/mol. The molecule has 1 aliphatic rings. The van der Waals surface area contributed by atoms with Gasteiger partial charge in [0.05, 0.1) is 0 Å². The van der Waals surface area contributed by atoms with Crippen LogP contribution in [0.4, 0.5) is 17.1 Å². The van der Waals surface area contributed by atoms with Crippen LogP contribution < -0.4 is 4.90 Å². The standard InChI is InChI=1S/C51H43N/c1-50(2,3)48-32-37(35-16-10-7-11-17-35)23-29-49(48)52(41-25-28-45-44-18-12-13-19-46(44)51(4,5)47(45)33-41)40-24-27-43-39(31-40)21-20-38-30-36(22-26-42(38)43)34-14-8-6-9-15-34/h6-33H,1-5H3. The van der Waals surface area contributed by atoms with E-state index >= 15 is 0 Å². The summed E-state index contributed by atoms with van der Waals surface area (Å²) in [6.07, 6.45) is 0. The summed E-state index contributed by atoms with van der Waals surface area (Å²) >= 11 is 0. The van der Waals surface area contributed by atoms with Crippen molar-refractivity contribution < 1.29 is 0 Å². The van der Waals surface area contributed by atoms with E-state index in [1.165, 1.54) is 83.0 Å². The monoisotopic (exact) mass is 669 g/mol. The Morgan fingerprint density at radius 2 is 0.962 bits per heavy atom. The Morgan fingerprint density at radius 3 is 1.65 bits per heavy atom. The minimum atomic E-state index is -0.103. The van der Waals surface area contributed by atoms with Gasteiger partial charge >= 0.3 is 0 Å². The SMILES string of the molecule is CC(C)(C)c1cc(-c2ccccc2)ccc1N(c1ccc2c(c1)C(C)(C)c1ccccc1-2)c1ccc2c(ccc3cc(-c4ccccc4)ccc32)c1. The van der Waals surface area contributed by atoms with Gasteiger partial charge in [-0.05, 0) is 119 Å². The quantitative estimate of drug-likeness (QED) is 0.165. The van der Waals surface area contributed by atoms with Crippen molar-refractivity contribution in [3.63, 3.8) is 0 Å². The predicted molar refractivity (Wildman–Crippen MR) is 223 cm³/mol. The topological polar surface area (TPSA) is 3.24 Å². The molecule has 0 unspecified atom stereocenters. The molecule has 1 aliphatic carbocycles. The Kier molecular flexibility index (Phi) is 7.45. The largest absolute Gasteiger partial charge is 0.310 e. The number of fused-ring (bicyclic) bond motifs is 6. The second-order valence-electron chi connectivity index (χ2n) is 15.9. The van der Waals surface area contributed by atoms with Gasteiger partial charge in [0.15, 0.2) is 0 Å². The average Bonchev–Trinajstić information content (AvgIpc) is 3.40. The van der Waals surface area contributed by atoms with Crippen LogP contribution in [-0.2, 0) is 10.8 Å². The predicted octanol–water partition coefficient (Wildman–Crippen LogP) is 14.4. The van der Waals surface area contributed by atoms with Crippen molar-refractivity contribution in [2.24, 2.45) is 0 Å². The summed E-state index contributed by atoms with van der Waals surface area (Å²) in [6, 6.07) is 62.9. The van der Waals surface area contributed by atoms with Gasteiger partial charge in [-0.1, -0.05) is 162 Å². The maximum atomic E-state index is 2.50. The number of anilines is 3. The van der Waals surface area contributed by atoms with Gasteiger partial charge in [-0.15, -0.1) is 0 Å². The van der Waals surface area contributed by atoms with Crippen LogP contribution in [0.15, 0.2) is 170 Å². The van der Waals surface area contributed by atoms with Gasteiger partial charge in [0.2, 0.25) is 0 Å². The minimum Gasteiger partial charge on any atom is -0.310 e. The van der Waals surface area contributed by atoms with Crippen LogP contribution in [0.2, 0.25) is 0 Å². The summed E-state index contributed by atoms with van der Waals surface area (Å²) in [5.41, 5.74) is 15.0. The van der Waals surface area contributed by atoms with E-state index in [1.807, 2.05) is 0 Å². The first-order valence-electron chi connectivity index (χ1n) is 18.4. The van der Waals surface area contributed by atoms with Gasteiger partial charge in [0, 0.05) is 22.5 Å². The minimum absolute atomic E-state index is 0.0987. The Bertz CT molecular complexity index is 2620. The summed E-state index contributed by atoms with van der Waals surface area (Å²) in [5.74, 6) is 0. The molecule has 0 saturated carbocycles. The number of hydrogen-bond acceptors (Lipinski definition) is 1. The van der Waals surface area contributed by atoms with E-state index in [-0.39, 0.29) is 10.8 Å². The molecule has 0 atom stereocenters. The normalized spacial score (nSPS) is 13.2. The van der Waals surface area contributed by atoms with Crippen molar-refractivity contribution in [3.05, 3.63) is 187 Å². The fourth-order valence-electron chi connectivity index (χ4n) is 8.41. The lowest BCUT2D eigenvalue weighted by Gasteiger charge is -2.33. The van der Waals surface area contributed by atoms with Crippen LogP contribution in [0.1, 0.15) is 51.3 Å². The third-order valence-electron chi connectivity index (χ3n) is 11.2. The van der Waals surface area contributed by atoms with Gasteiger partial charge in [0.25, 0.3) is 0 Å². The zero-order valence-electron chi connectivity index (χ0n) is 30.6. The first kappa shape index (κ1) is 32.0. The van der Waals surface area contributed by atoms with Crippen LogP contribution in [-0.4, -0.2) is 0 Å². The fraction of sp³-hybridized carbons (Fsp3) is 0.137. The van der Waals surface area contributed by atoms with Crippen molar-refractivity contribution >= 4 is 38.6 Å². The Morgan fingerprint density at radius 1 is 0.423 bits per heavy atom. The highest BCUT2D eigenvalue weighted by Gasteiger charge is 2.36. The van der Waals surface area contributed by atoms with E-state index in [4.69, 9.17) is 0 Å². The van der Waals surface area contributed by atoms with Gasteiger partial charge in [-0.2, -0.15) is 0 Å². The van der Waals surface area contributed by atoms with Crippen LogP contribution >= 0.6 is 0 Å². The maximum Gasteiger partial charge on any atom is 0.0499 e. The van der Waals surface area contributed by atoms with Gasteiger partial charge < -0.3 is 4.90 Å². The van der Waals surface area contributed by atoms with Crippen LogP contribution in [0.5, 0.6) is 0 Å². The smallest absolute Gasteiger partial charge is 0.0499 e. The molecule has 1 nitrogen and oxygen atoms in total.